The Morgan fingerprint density at radius 3 is 2.28 bits per heavy atom. The third kappa shape index (κ3) is 6.65. The highest BCUT2D eigenvalue weighted by Gasteiger charge is 2.33. The minimum Gasteiger partial charge on any atom is -0.450 e. The number of nitrogens with two attached hydrogens (primary N) is 1. The number of hydrogen-bond acceptors (Lipinski definition) is 8. The van der Waals surface area contributed by atoms with E-state index >= 15 is 0 Å². The number of pyridine rings is 1. The first-order valence-corrected chi connectivity index (χ1v) is 11.0. The fourth-order valence-corrected chi connectivity index (χ4v) is 3.16. The number of alkyl halides is 3. The summed E-state index contributed by atoms with van der Waals surface area (Å²) in [5, 5.41) is 14.9. The van der Waals surface area contributed by atoms with E-state index in [1.54, 1.807) is 30.3 Å². The lowest BCUT2D eigenvalue weighted by atomic mass is 10.1. The van der Waals surface area contributed by atoms with Crippen LogP contribution in [0.3, 0.4) is 0 Å². The Bertz CT molecular complexity index is 1530. The van der Waals surface area contributed by atoms with Crippen molar-refractivity contribution in [2.45, 2.75) is 6.18 Å². The minimum atomic E-state index is -4.75. The van der Waals surface area contributed by atoms with Gasteiger partial charge in [-0.15, -0.1) is 0 Å². The van der Waals surface area contributed by atoms with Crippen molar-refractivity contribution >= 4 is 17.5 Å². The molecule has 0 aliphatic rings. The molecule has 0 unspecified atom stereocenters. The van der Waals surface area contributed by atoms with E-state index in [9.17, 15) is 28.1 Å². The summed E-state index contributed by atoms with van der Waals surface area (Å²) in [6.45, 7) is 0. The molecule has 0 fully saturated rings. The Hall–Kier alpha value is -5.46. The zero-order chi connectivity index (χ0) is 28.0. The van der Waals surface area contributed by atoms with Crippen LogP contribution in [0.15, 0.2) is 96.3 Å². The summed E-state index contributed by atoms with van der Waals surface area (Å²) in [6.07, 6.45) is -3.31. The molecule has 10 nitrogen and oxygen atoms in total. The Kier molecular flexibility index (Phi) is 7.70. The van der Waals surface area contributed by atoms with Gasteiger partial charge in [0.2, 0.25) is 11.6 Å². The normalized spacial score (nSPS) is 11.5. The van der Waals surface area contributed by atoms with Crippen LogP contribution in [0.25, 0.3) is 0 Å². The standard InChI is InChI=1S/C26H17F3N4O6/c27-26(28,29)17-10-13-22(21(15-17)33(35)36)37-19-11-8-16(9-12-19)23(30)32-39-25(34)20-7-4-14-31-24(20)38-18-5-2-1-3-6-18/h1-15H,(H2,30,32). The third-order valence-electron chi connectivity index (χ3n) is 5.04. The predicted molar refractivity (Wildman–Crippen MR) is 132 cm³/mol. The molecule has 1 aromatic heterocycles. The Morgan fingerprint density at radius 2 is 1.62 bits per heavy atom. The average Bonchev–Trinajstić information content (AvgIpc) is 2.92. The van der Waals surface area contributed by atoms with Gasteiger partial charge in [-0.3, -0.25) is 10.1 Å². The van der Waals surface area contributed by atoms with Gasteiger partial charge in [0.25, 0.3) is 0 Å². The van der Waals surface area contributed by atoms with Crippen LogP contribution in [0.1, 0.15) is 21.5 Å². The number of carbonyl (C=O) groups excluding carboxylic acids is 1. The van der Waals surface area contributed by atoms with Gasteiger partial charge in [-0.05, 0) is 60.7 Å². The lowest BCUT2D eigenvalue weighted by molar-refractivity contribution is -0.385. The minimum absolute atomic E-state index is 0.000197. The van der Waals surface area contributed by atoms with Crippen LogP contribution in [0.5, 0.6) is 23.1 Å². The molecule has 1 heterocycles. The monoisotopic (exact) mass is 538 g/mol. The lowest BCUT2D eigenvalue weighted by Crippen LogP contribution is -2.15. The molecule has 0 atom stereocenters. The number of carbonyl (C=O) groups is 1. The van der Waals surface area contributed by atoms with Gasteiger partial charge < -0.3 is 20.0 Å². The number of oxime groups is 1. The number of nitro groups is 1. The number of amidine groups is 1. The molecule has 4 rings (SSSR count). The number of rotatable bonds is 8. The first-order valence-electron chi connectivity index (χ1n) is 11.0. The molecular formula is C26H17F3N4O6. The van der Waals surface area contributed by atoms with Crippen LogP contribution in [-0.4, -0.2) is 21.7 Å². The maximum absolute atomic E-state index is 12.9. The fraction of sp³-hybridized carbons (Fsp3) is 0.0385. The van der Waals surface area contributed by atoms with Gasteiger partial charge in [-0.25, -0.2) is 9.78 Å². The van der Waals surface area contributed by atoms with Crippen molar-refractivity contribution in [3.63, 3.8) is 0 Å². The van der Waals surface area contributed by atoms with E-state index in [0.29, 0.717) is 23.4 Å². The molecule has 39 heavy (non-hydrogen) atoms. The summed E-state index contributed by atoms with van der Waals surface area (Å²) in [7, 11) is 0. The van der Waals surface area contributed by atoms with Gasteiger partial charge in [0.05, 0.1) is 10.5 Å². The number of halogens is 3. The molecule has 0 saturated heterocycles. The molecule has 0 aliphatic heterocycles. The number of hydrogen-bond donors (Lipinski definition) is 1. The summed E-state index contributed by atoms with van der Waals surface area (Å²) >= 11 is 0. The molecule has 198 valence electrons. The van der Waals surface area contributed by atoms with E-state index in [4.69, 9.17) is 20.0 Å². The molecule has 2 N–H and O–H groups in total. The quantitative estimate of drug-likeness (QED) is 0.0937. The molecule has 0 saturated carbocycles. The number of aromatic nitrogens is 1. The second-order valence-electron chi connectivity index (χ2n) is 7.69. The van der Waals surface area contributed by atoms with Crippen LogP contribution >= 0.6 is 0 Å². The predicted octanol–water partition coefficient (Wildman–Crippen LogP) is 6.07. The van der Waals surface area contributed by atoms with Crippen molar-refractivity contribution in [3.05, 3.63) is 118 Å². The van der Waals surface area contributed by atoms with Crippen LogP contribution in [0.4, 0.5) is 18.9 Å². The van der Waals surface area contributed by atoms with Gasteiger partial charge >= 0.3 is 17.8 Å². The molecule has 4 aromatic rings. The average molecular weight is 538 g/mol. The largest absolute Gasteiger partial charge is 0.450 e. The number of benzene rings is 3. The van der Waals surface area contributed by atoms with Crippen molar-refractivity contribution in [1.29, 1.82) is 0 Å². The first kappa shape index (κ1) is 26.6. The highest BCUT2D eigenvalue weighted by molar-refractivity contribution is 5.98. The highest BCUT2D eigenvalue weighted by Crippen LogP contribution is 2.37. The maximum atomic E-state index is 12.9. The van der Waals surface area contributed by atoms with Crippen molar-refractivity contribution in [2.24, 2.45) is 10.9 Å². The SMILES string of the molecule is N/C(=N/OC(=O)c1cccnc1Oc1ccccc1)c1ccc(Oc2ccc(C(F)(F)F)cc2[N+](=O)[O-])cc1. The number of nitrogens with zero attached hydrogens (tertiary/aromatic N) is 3. The Labute approximate surface area is 218 Å². The van der Waals surface area contributed by atoms with Gasteiger partial charge in [-0.2, -0.15) is 13.2 Å². The molecular weight excluding hydrogens is 521 g/mol. The van der Waals surface area contributed by atoms with Crippen LogP contribution in [-0.2, 0) is 11.0 Å². The van der Waals surface area contributed by atoms with E-state index in [1.165, 1.54) is 42.6 Å². The molecule has 0 radical (unpaired) electrons. The molecule has 0 spiro atoms. The number of nitro benzene ring substituents is 1. The van der Waals surface area contributed by atoms with E-state index in [0.717, 1.165) is 6.07 Å². The fourth-order valence-electron chi connectivity index (χ4n) is 3.16. The van der Waals surface area contributed by atoms with E-state index < -0.39 is 28.3 Å². The highest BCUT2D eigenvalue weighted by atomic mass is 19.4. The third-order valence-corrected chi connectivity index (χ3v) is 5.04. The molecule has 3 aromatic carbocycles. The summed E-state index contributed by atoms with van der Waals surface area (Å²) in [5.74, 6) is -0.930. The van der Waals surface area contributed by atoms with Gasteiger partial charge in [0.15, 0.2) is 5.84 Å². The summed E-state index contributed by atoms with van der Waals surface area (Å²) in [5.41, 5.74) is 4.16. The van der Waals surface area contributed by atoms with E-state index in [-0.39, 0.29) is 28.8 Å². The topological polar surface area (TPSA) is 139 Å². The van der Waals surface area contributed by atoms with Gasteiger partial charge in [-0.1, -0.05) is 23.4 Å². The van der Waals surface area contributed by atoms with E-state index in [1.807, 2.05) is 0 Å². The summed E-state index contributed by atoms with van der Waals surface area (Å²) in [6, 6.07) is 19.1. The first-order chi connectivity index (χ1) is 18.6. The van der Waals surface area contributed by atoms with Crippen LogP contribution in [0, 0.1) is 10.1 Å². The molecule has 0 amide bonds. The van der Waals surface area contributed by atoms with Gasteiger partial charge in [0, 0.05) is 17.8 Å². The Balaban J connectivity index is 1.45. The molecule has 13 heteroatoms. The van der Waals surface area contributed by atoms with Crippen molar-refractivity contribution in [1.82, 2.24) is 4.98 Å². The lowest BCUT2D eigenvalue weighted by Gasteiger charge is -2.10. The zero-order valence-corrected chi connectivity index (χ0v) is 19.7. The second kappa shape index (κ2) is 11.3. The number of ether oxygens (including phenoxy) is 2. The van der Waals surface area contributed by atoms with Crippen LogP contribution in [0.2, 0.25) is 0 Å². The van der Waals surface area contributed by atoms with Gasteiger partial charge in [0.1, 0.15) is 17.1 Å². The van der Waals surface area contributed by atoms with Crippen molar-refractivity contribution in [2.75, 3.05) is 0 Å². The van der Waals surface area contributed by atoms with Crippen molar-refractivity contribution < 1.29 is 37.2 Å². The second-order valence-corrected chi connectivity index (χ2v) is 7.69. The molecule has 0 bridgehead atoms. The number of para-hydroxylation sites is 1. The summed E-state index contributed by atoms with van der Waals surface area (Å²) < 4.78 is 49.7. The van der Waals surface area contributed by atoms with Crippen molar-refractivity contribution in [3.8, 4) is 23.1 Å². The van der Waals surface area contributed by atoms with E-state index in [2.05, 4.69) is 10.1 Å². The summed E-state index contributed by atoms with van der Waals surface area (Å²) in [4.78, 5) is 31.8. The Morgan fingerprint density at radius 1 is 0.923 bits per heavy atom. The molecule has 0 aliphatic carbocycles. The maximum Gasteiger partial charge on any atom is 0.416 e. The smallest absolute Gasteiger partial charge is 0.416 e. The zero-order valence-electron chi connectivity index (χ0n) is 19.7. The van der Waals surface area contributed by atoms with Crippen LogP contribution < -0.4 is 15.2 Å².